The van der Waals surface area contributed by atoms with Gasteiger partial charge in [-0.25, -0.2) is 23.1 Å². The summed E-state index contributed by atoms with van der Waals surface area (Å²) in [6, 6.07) is 12.8. The molecule has 0 atom stereocenters. The highest BCUT2D eigenvalue weighted by Gasteiger charge is 2.35. The Morgan fingerprint density at radius 2 is 1.83 bits per heavy atom. The van der Waals surface area contributed by atoms with E-state index in [9.17, 15) is 18.4 Å². The molecule has 0 aliphatic carbocycles. The van der Waals surface area contributed by atoms with Crippen molar-refractivity contribution in [2.75, 3.05) is 24.7 Å². The summed E-state index contributed by atoms with van der Waals surface area (Å²) in [4.78, 5) is 24.7. The Kier molecular flexibility index (Phi) is 8.83. The quantitative estimate of drug-likeness (QED) is 0.0966. The van der Waals surface area contributed by atoms with E-state index in [0.717, 1.165) is 5.56 Å². The fourth-order valence-electron chi connectivity index (χ4n) is 4.90. The minimum absolute atomic E-state index is 0.0612. The summed E-state index contributed by atoms with van der Waals surface area (Å²) in [5.41, 5.74) is 14.8. The molecule has 4 heterocycles. The number of oxazole rings is 1. The molecule has 4 N–H and O–H groups in total. The van der Waals surface area contributed by atoms with Gasteiger partial charge in [0.15, 0.2) is 11.2 Å². The number of fused-ring (bicyclic) bond motifs is 2. The van der Waals surface area contributed by atoms with Gasteiger partial charge in [0.05, 0.1) is 28.7 Å². The minimum Gasteiger partial charge on any atom is -0.466 e. The van der Waals surface area contributed by atoms with Gasteiger partial charge in [0.1, 0.15) is 23.4 Å². The van der Waals surface area contributed by atoms with Crippen LogP contribution in [0.2, 0.25) is 0 Å². The first-order valence-electron chi connectivity index (χ1n) is 14.5. The molecule has 0 aliphatic heterocycles. The predicted octanol–water partition coefficient (Wildman–Crippen LogP) is 2.83. The highest BCUT2D eigenvalue weighted by molar-refractivity contribution is 7.91. The molecule has 0 radical (unpaired) electrons. The average Bonchev–Trinajstić information content (AvgIpc) is 3.75. The number of anilines is 2. The zero-order valence-electron chi connectivity index (χ0n) is 24.8. The van der Waals surface area contributed by atoms with Crippen molar-refractivity contribution in [2.24, 2.45) is 0 Å². The molecule has 18 heteroatoms. The molecule has 17 nitrogen and oxygen atoms in total. The van der Waals surface area contributed by atoms with Gasteiger partial charge in [0.25, 0.3) is 15.9 Å². The van der Waals surface area contributed by atoms with E-state index in [-0.39, 0.29) is 47.2 Å². The van der Waals surface area contributed by atoms with Crippen LogP contribution >= 0.6 is 0 Å². The maximum atomic E-state index is 12.8. The van der Waals surface area contributed by atoms with Crippen LogP contribution in [0.4, 0.5) is 11.8 Å². The lowest BCUT2D eigenvalue weighted by molar-refractivity contribution is -0.832. The number of hydrogen-bond acceptors (Lipinski definition) is 15. The number of hydrogen-bond donors (Lipinski definition) is 2. The molecule has 0 bridgehead atoms. The molecule has 47 heavy (non-hydrogen) atoms. The van der Waals surface area contributed by atoms with Crippen molar-refractivity contribution >= 4 is 49.8 Å². The van der Waals surface area contributed by atoms with Crippen LogP contribution in [0.1, 0.15) is 32.1 Å². The normalized spacial score (nSPS) is 11.7. The monoisotopic (exact) mass is 663 g/mol. The second-order valence-corrected chi connectivity index (χ2v) is 12.2. The first-order chi connectivity index (χ1) is 22.7. The summed E-state index contributed by atoms with van der Waals surface area (Å²) in [7, 11) is -4.19. The topological polar surface area (TPSA) is 244 Å². The molecule has 0 saturated heterocycles. The van der Waals surface area contributed by atoms with Gasteiger partial charge in [-0.3, -0.25) is 9.42 Å². The number of esters is 1. The van der Waals surface area contributed by atoms with Gasteiger partial charge in [0.2, 0.25) is 0 Å². The van der Waals surface area contributed by atoms with E-state index in [2.05, 4.69) is 24.7 Å². The second kappa shape index (κ2) is 13.3. The lowest BCUT2D eigenvalue weighted by Crippen LogP contribution is -2.30. The number of aromatic nitrogens is 7. The van der Waals surface area contributed by atoms with E-state index in [1.165, 1.54) is 30.6 Å². The number of rotatable bonds is 14. The third-order valence-corrected chi connectivity index (χ3v) is 8.86. The van der Waals surface area contributed by atoms with Crippen molar-refractivity contribution in [1.29, 1.82) is 0 Å². The van der Waals surface area contributed by atoms with Crippen molar-refractivity contribution in [3.8, 4) is 17.1 Å². The maximum absolute atomic E-state index is 12.8. The zero-order chi connectivity index (χ0) is 33.0. The first kappa shape index (κ1) is 31.2. The lowest BCUT2D eigenvalue weighted by atomic mass is 10.1. The van der Waals surface area contributed by atoms with Gasteiger partial charge >= 0.3 is 16.9 Å². The van der Waals surface area contributed by atoms with Crippen molar-refractivity contribution in [3.63, 3.8) is 0 Å². The summed E-state index contributed by atoms with van der Waals surface area (Å²) in [6.45, 7) is 0.656. The van der Waals surface area contributed by atoms with Gasteiger partial charge in [-0.15, -0.1) is 0 Å². The number of carbonyl (C=O) groups is 1. The fraction of sp³-hybridized carbons (Fsp3) is 0.276. The smallest absolute Gasteiger partial charge is 0.414 e. The molecule has 0 amide bonds. The van der Waals surface area contributed by atoms with Crippen LogP contribution in [-0.4, -0.2) is 57.5 Å². The summed E-state index contributed by atoms with van der Waals surface area (Å²) in [5, 5.41) is 20.0. The highest BCUT2D eigenvalue weighted by atomic mass is 32.2. The number of aryl methyl sites for hydroxylation is 1. The summed E-state index contributed by atoms with van der Waals surface area (Å²) in [6.07, 6.45) is 3.61. The number of ether oxygens (including phenoxy) is 2. The predicted molar refractivity (Wildman–Crippen MR) is 164 cm³/mol. The molecule has 0 aliphatic rings. The van der Waals surface area contributed by atoms with E-state index in [1.807, 2.05) is 6.07 Å². The molecule has 244 valence electrons. The highest BCUT2D eigenvalue weighted by Crippen LogP contribution is 2.32. The molecule has 0 fully saturated rings. The number of carbonyl (C=O) groups excluding carboxylic acids is 1. The van der Waals surface area contributed by atoms with Crippen LogP contribution < -0.4 is 21.1 Å². The Bertz CT molecular complexity index is 2150. The zero-order valence-corrected chi connectivity index (χ0v) is 25.6. The van der Waals surface area contributed by atoms with E-state index in [4.69, 9.17) is 30.5 Å². The second-order valence-electron chi connectivity index (χ2n) is 10.4. The van der Waals surface area contributed by atoms with Crippen LogP contribution in [0, 0.1) is 5.21 Å². The molecule has 0 saturated carbocycles. The van der Waals surface area contributed by atoms with Crippen LogP contribution in [0.3, 0.4) is 0 Å². The van der Waals surface area contributed by atoms with Crippen molar-refractivity contribution in [1.82, 2.24) is 29.9 Å². The molecule has 6 rings (SSSR count). The number of nitrogen functional groups attached to an aromatic ring is 2. The lowest BCUT2D eigenvalue weighted by Gasteiger charge is -2.06. The fourth-order valence-corrected chi connectivity index (χ4v) is 6.20. The van der Waals surface area contributed by atoms with E-state index in [0.29, 0.717) is 60.1 Å². The van der Waals surface area contributed by atoms with Gasteiger partial charge in [-0.1, -0.05) is 18.2 Å². The Morgan fingerprint density at radius 1 is 1.02 bits per heavy atom. The molecular weight excluding hydrogens is 634 g/mol. The number of sulfone groups is 1. The number of nitrogens with two attached hydrogens (primary N) is 2. The Labute approximate surface area is 266 Å². The summed E-state index contributed by atoms with van der Waals surface area (Å²) < 4.78 is 47.9. The van der Waals surface area contributed by atoms with Gasteiger partial charge in [-0.05, 0) is 60.9 Å². The molecule has 0 spiro atoms. The van der Waals surface area contributed by atoms with Crippen molar-refractivity contribution in [2.45, 2.75) is 48.6 Å². The van der Waals surface area contributed by atoms with Crippen LogP contribution in [0.5, 0.6) is 5.88 Å². The Balaban J connectivity index is 0.955. The third-order valence-electron chi connectivity index (χ3n) is 7.13. The van der Waals surface area contributed by atoms with Crippen LogP contribution in [0.25, 0.3) is 33.4 Å². The number of benzene rings is 2. The minimum atomic E-state index is -4.19. The molecule has 6 aromatic rings. The van der Waals surface area contributed by atoms with Crippen LogP contribution in [0.15, 0.2) is 73.8 Å². The number of unbranched alkanes of at least 4 members (excludes halogenated alkanes) is 2. The Hall–Kier alpha value is -5.78. The SMILES string of the molecule is Nc1nc2cc(-c3nn(CCCC(=O)OCCCCCOc4no[n+]([O-])c4S(=O)(=O)c4ccccc4)c4ncnc(N)c34)ccc2o1. The number of nitrogens with zero attached hydrogens (tertiary/aromatic N) is 7. The maximum Gasteiger partial charge on any atom is 0.414 e. The van der Waals surface area contributed by atoms with Gasteiger partial charge in [0, 0.05) is 18.5 Å². The third kappa shape index (κ3) is 6.62. The Morgan fingerprint density at radius 3 is 2.66 bits per heavy atom. The van der Waals surface area contributed by atoms with E-state index in [1.54, 1.807) is 22.9 Å². The van der Waals surface area contributed by atoms with E-state index < -0.39 is 20.7 Å². The largest absolute Gasteiger partial charge is 0.466 e. The van der Waals surface area contributed by atoms with Gasteiger partial charge in [-0.2, -0.15) is 10.1 Å². The van der Waals surface area contributed by atoms with E-state index >= 15 is 0 Å². The molecular formula is C29H29N9O8S. The standard InChI is InChI=1S/C29H29N9O8S/c30-25-23-24(18-11-12-21-20(16-18)34-29(31)45-21)35-37(26(23)33-17-32-25)13-7-10-22(39)43-14-5-2-6-15-44-27-28(38(40)46-36-27)47(41,42)19-8-3-1-4-9-19/h1,3-4,8-9,11-12,16-17H,2,5-7,10,13-15H2,(H2,31,34)(H2,30,32,33). The van der Waals surface area contributed by atoms with Crippen molar-refractivity contribution in [3.05, 3.63) is 60.1 Å². The molecule has 2 aromatic carbocycles. The van der Waals surface area contributed by atoms with Crippen molar-refractivity contribution < 1.29 is 36.6 Å². The molecule has 0 unspecified atom stereocenters. The molecule has 4 aromatic heterocycles. The van der Waals surface area contributed by atoms with Gasteiger partial charge < -0.3 is 30.6 Å². The van der Waals surface area contributed by atoms with Crippen LogP contribution in [-0.2, 0) is 25.9 Å². The average molecular weight is 664 g/mol. The summed E-state index contributed by atoms with van der Waals surface area (Å²) >= 11 is 0. The summed E-state index contributed by atoms with van der Waals surface area (Å²) in [5.74, 6) is -0.504. The first-order valence-corrected chi connectivity index (χ1v) is 16.0.